The van der Waals surface area contributed by atoms with Gasteiger partial charge in [0.2, 0.25) is 0 Å². The van der Waals surface area contributed by atoms with Gasteiger partial charge in [-0.15, -0.1) is 0 Å². The number of aliphatic hydroxyl groups excluding tert-OH is 1. The third kappa shape index (κ3) is 22.1. The van der Waals surface area contributed by atoms with Crippen LogP contribution in [0.25, 0.3) is 0 Å². The van der Waals surface area contributed by atoms with Gasteiger partial charge in [-0.1, -0.05) is 117 Å². The minimum Gasteiger partial charge on any atom is -0.748 e. The van der Waals surface area contributed by atoms with E-state index >= 15 is 0 Å². The Labute approximate surface area is 210 Å². The fourth-order valence-electron chi connectivity index (χ4n) is 4.03. The molecule has 4 nitrogen and oxygen atoms in total. The third-order valence-electron chi connectivity index (χ3n) is 5.98. The summed E-state index contributed by atoms with van der Waals surface area (Å²) in [4.78, 5) is 0. The maximum absolute atomic E-state index is 11.2. The summed E-state index contributed by atoms with van der Waals surface area (Å²) >= 11 is 0. The van der Waals surface area contributed by atoms with Gasteiger partial charge in [-0.3, -0.25) is 0 Å². The fourth-order valence-corrected chi connectivity index (χ4v) is 4.98. The van der Waals surface area contributed by atoms with Gasteiger partial charge in [0.25, 0.3) is 0 Å². The van der Waals surface area contributed by atoms with Gasteiger partial charge in [0.15, 0.2) is 0 Å². The Morgan fingerprint density at radius 3 is 1.37 bits per heavy atom. The molecule has 0 saturated heterocycles. The summed E-state index contributed by atoms with van der Waals surface area (Å²) in [5, 5.41) is 9.21. The SMILES string of the molecule is CCCCCCCCCCCCCCCCCC(O)CCC(CCC)S(=O)(=O)[O-].[Na+]. The predicted octanol–water partition coefficient (Wildman–Crippen LogP) is 4.11. The van der Waals surface area contributed by atoms with Crippen molar-refractivity contribution in [2.75, 3.05) is 0 Å². The first-order chi connectivity index (χ1) is 13.9. The van der Waals surface area contributed by atoms with Crippen molar-refractivity contribution in [3.05, 3.63) is 0 Å². The van der Waals surface area contributed by atoms with Crippen LogP contribution in [0.1, 0.15) is 142 Å². The maximum Gasteiger partial charge on any atom is 1.00 e. The Morgan fingerprint density at radius 1 is 0.600 bits per heavy atom. The predicted molar refractivity (Wildman–Crippen MR) is 123 cm³/mol. The van der Waals surface area contributed by atoms with Crippen molar-refractivity contribution in [1.29, 1.82) is 0 Å². The van der Waals surface area contributed by atoms with Crippen molar-refractivity contribution >= 4 is 10.1 Å². The topological polar surface area (TPSA) is 77.4 Å². The van der Waals surface area contributed by atoms with Crippen LogP contribution in [-0.2, 0) is 10.1 Å². The van der Waals surface area contributed by atoms with E-state index < -0.39 is 21.5 Å². The Bertz CT molecular complexity index is 442. The average molecular weight is 457 g/mol. The molecule has 0 aromatic rings. The molecule has 0 fully saturated rings. The number of hydrogen-bond acceptors (Lipinski definition) is 4. The van der Waals surface area contributed by atoms with E-state index in [4.69, 9.17) is 0 Å². The summed E-state index contributed by atoms with van der Waals surface area (Å²) < 4.78 is 33.6. The molecule has 0 heterocycles. The summed E-state index contributed by atoms with van der Waals surface area (Å²) in [7, 11) is -4.23. The zero-order valence-corrected chi connectivity index (χ0v) is 23.2. The van der Waals surface area contributed by atoms with Gasteiger partial charge < -0.3 is 9.66 Å². The third-order valence-corrected chi connectivity index (χ3v) is 7.27. The molecular weight excluding hydrogens is 407 g/mol. The molecule has 2 unspecified atom stereocenters. The molecule has 0 aliphatic heterocycles. The van der Waals surface area contributed by atoms with E-state index in [1.165, 1.54) is 83.5 Å². The maximum atomic E-state index is 11.2. The average Bonchev–Trinajstić information content (AvgIpc) is 2.67. The molecule has 0 aromatic heterocycles. The van der Waals surface area contributed by atoms with E-state index in [2.05, 4.69) is 6.92 Å². The van der Waals surface area contributed by atoms with Crippen molar-refractivity contribution in [1.82, 2.24) is 0 Å². The largest absolute Gasteiger partial charge is 1.00 e. The van der Waals surface area contributed by atoms with E-state index in [0.717, 1.165) is 19.3 Å². The fraction of sp³-hybridized carbons (Fsp3) is 1.00. The second-order valence-electron chi connectivity index (χ2n) is 8.87. The normalized spacial score (nSPS) is 13.7. The second kappa shape index (κ2) is 23.0. The molecule has 0 amide bonds. The van der Waals surface area contributed by atoms with Crippen molar-refractivity contribution < 1.29 is 47.6 Å². The summed E-state index contributed by atoms with van der Waals surface area (Å²) in [6.07, 6.45) is 21.9. The number of hydrogen-bond donors (Lipinski definition) is 1. The van der Waals surface area contributed by atoms with Crippen molar-refractivity contribution in [3.8, 4) is 0 Å². The van der Waals surface area contributed by atoms with E-state index in [1.807, 2.05) is 6.92 Å². The van der Waals surface area contributed by atoms with Crippen molar-refractivity contribution in [2.45, 2.75) is 154 Å². The van der Waals surface area contributed by atoms with Gasteiger partial charge in [-0.05, 0) is 25.7 Å². The first-order valence-corrected chi connectivity index (χ1v) is 14.0. The van der Waals surface area contributed by atoms with Gasteiger partial charge >= 0.3 is 29.6 Å². The minimum atomic E-state index is -4.23. The Balaban J connectivity index is 0. The number of unbranched alkanes of at least 4 members (excludes halogenated alkanes) is 14. The molecule has 1 N–H and O–H groups in total. The summed E-state index contributed by atoms with van der Waals surface area (Å²) in [5.74, 6) is 0. The van der Waals surface area contributed by atoms with Crippen LogP contribution in [0.4, 0.5) is 0 Å². The molecule has 0 spiro atoms. The van der Waals surface area contributed by atoms with Crippen molar-refractivity contribution in [3.63, 3.8) is 0 Å². The van der Waals surface area contributed by atoms with Crippen LogP contribution in [0.2, 0.25) is 0 Å². The smallest absolute Gasteiger partial charge is 0.748 e. The molecule has 0 bridgehead atoms. The van der Waals surface area contributed by atoms with Crippen LogP contribution in [0.15, 0.2) is 0 Å². The molecule has 0 aliphatic rings. The van der Waals surface area contributed by atoms with E-state index in [0.29, 0.717) is 25.7 Å². The van der Waals surface area contributed by atoms with E-state index in [1.54, 1.807) is 0 Å². The second-order valence-corrected chi connectivity index (χ2v) is 10.5. The van der Waals surface area contributed by atoms with E-state index in [9.17, 15) is 18.1 Å². The first kappa shape index (κ1) is 33.0. The minimum absolute atomic E-state index is 0. The number of aliphatic hydroxyl groups is 1. The molecule has 176 valence electrons. The molecule has 0 radical (unpaired) electrons. The zero-order chi connectivity index (χ0) is 21.8. The van der Waals surface area contributed by atoms with Crippen LogP contribution in [0, 0.1) is 0 Å². The van der Waals surface area contributed by atoms with Crippen LogP contribution in [0.5, 0.6) is 0 Å². The molecule has 6 heteroatoms. The Morgan fingerprint density at radius 2 is 1.00 bits per heavy atom. The first-order valence-electron chi connectivity index (χ1n) is 12.5. The molecule has 0 rings (SSSR count). The standard InChI is InChI=1S/C24H50O4S.Na/c1-3-5-6-7-8-9-10-11-12-13-14-15-16-17-18-20-23(25)21-22-24(19-4-2)29(26,27)28;/h23-25H,3-22H2,1-2H3,(H,26,27,28);/q;+1/p-1. The van der Waals surface area contributed by atoms with Gasteiger partial charge in [-0.2, -0.15) is 0 Å². The summed E-state index contributed by atoms with van der Waals surface area (Å²) in [6, 6.07) is 0. The van der Waals surface area contributed by atoms with Crippen LogP contribution < -0.4 is 29.6 Å². The van der Waals surface area contributed by atoms with Gasteiger partial charge in [0.1, 0.15) is 0 Å². The molecular formula is C24H49NaO4S. The van der Waals surface area contributed by atoms with Crippen molar-refractivity contribution in [2.24, 2.45) is 0 Å². The monoisotopic (exact) mass is 456 g/mol. The number of rotatable bonds is 22. The molecule has 2 atom stereocenters. The Kier molecular flexibility index (Phi) is 25.4. The molecule has 30 heavy (non-hydrogen) atoms. The molecule has 0 aliphatic carbocycles. The summed E-state index contributed by atoms with van der Waals surface area (Å²) in [6.45, 7) is 4.14. The van der Waals surface area contributed by atoms with Crippen LogP contribution in [0.3, 0.4) is 0 Å². The molecule has 0 aromatic carbocycles. The van der Waals surface area contributed by atoms with Crippen LogP contribution >= 0.6 is 0 Å². The Hall–Kier alpha value is 0.870. The van der Waals surface area contributed by atoms with Crippen LogP contribution in [-0.4, -0.2) is 29.4 Å². The van der Waals surface area contributed by atoms with Gasteiger partial charge in [0, 0.05) is 5.25 Å². The van der Waals surface area contributed by atoms with E-state index in [-0.39, 0.29) is 29.6 Å². The summed E-state index contributed by atoms with van der Waals surface area (Å²) in [5.41, 5.74) is 0. The molecule has 0 saturated carbocycles. The van der Waals surface area contributed by atoms with Gasteiger partial charge in [0.05, 0.1) is 16.2 Å². The van der Waals surface area contributed by atoms with Gasteiger partial charge in [-0.25, -0.2) is 8.42 Å². The quantitative estimate of drug-likeness (QED) is 0.151. The zero-order valence-electron chi connectivity index (χ0n) is 20.4.